The highest BCUT2D eigenvalue weighted by Crippen LogP contribution is 2.23. The molecule has 0 bridgehead atoms. The highest BCUT2D eigenvalue weighted by atomic mass is 32.2. The zero-order chi connectivity index (χ0) is 20.5. The molecule has 0 radical (unpaired) electrons. The molecule has 3 rings (SSSR count). The molecule has 29 heavy (non-hydrogen) atoms. The molecule has 1 heterocycles. The predicted molar refractivity (Wildman–Crippen MR) is 131 cm³/mol. The van der Waals surface area contributed by atoms with E-state index in [0.29, 0.717) is 5.11 Å². The summed E-state index contributed by atoms with van der Waals surface area (Å²) in [5.74, 6) is 2.62. The first-order valence-electron chi connectivity index (χ1n) is 10.6. The van der Waals surface area contributed by atoms with Gasteiger partial charge in [0.2, 0.25) is 0 Å². The van der Waals surface area contributed by atoms with E-state index in [1.165, 1.54) is 30.0 Å². The molecule has 0 aliphatic carbocycles. The van der Waals surface area contributed by atoms with Gasteiger partial charge in [-0.25, -0.2) is 0 Å². The van der Waals surface area contributed by atoms with E-state index in [0.717, 1.165) is 42.8 Å². The van der Waals surface area contributed by atoms with Crippen LogP contribution in [0.5, 0.6) is 0 Å². The van der Waals surface area contributed by atoms with Gasteiger partial charge in [-0.3, -0.25) is 0 Å². The average molecular weight is 428 g/mol. The molecule has 0 amide bonds. The Balaban J connectivity index is 1.33. The Bertz CT molecular complexity index is 738. The van der Waals surface area contributed by atoms with Gasteiger partial charge in [0.25, 0.3) is 0 Å². The number of benzene rings is 2. The third-order valence-electron chi connectivity index (χ3n) is 5.24. The zero-order valence-electron chi connectivity index (χ0n) is 17.6. The lowest BCUT2D eigenvalue weighted by molar-refractivity contribution is 0.140. The molecule has 0 unspecified atom stereocenters. The Kier molecular flexibility index (Phi) is 8.84. The molecule has 5 heteroatoms. The van der Waals surface area contributed by atoms with Gasteiger partial charge >= 0.3 is 0 Å². The fraction of sp³-hybridized carbons (Fsp3) is 0.458. The van der Waals surface area contributed by atoms with Crippen LogP contribution in [0.4, 0.5) is 5.69 Å². The number of thioether (sulfide) groups is 1. The average Bonchev–Trinajstić information content (AvgIpc) is 2.71. The van der Waals surface area contributed by atoms with Gasteiger partial charge in [0, 0.05) is 36.0 Å². The maximum Gasteiger partial charge on any atom is 0.170 e. The van der Waals surface area contributed by atoms with Crippen molar-refractivity contribution in [2.75, 3.05) is 31.5 Å². The quantitative estimate of drug-likeness (QED) is 0.323. The predicted octanol–water partition coefficient (Wildman–Crippen LogP) is 5.63. The van der Waals surface area contributed by atoms with Crippen molar-refractivity contribution >= 4 is 34.8 Å². The first-order valence-corrected chi connectivity index (χ1v) is 12.0. The van der Waals surface area contributed by atoms with Crippen LogP contribution in [0.1, 0.15) is 32.3 Å². The van der Waals surface area contributed by atoms with Gasteiger partial charge < -0.3 is 15.5 Å². The van der Waals surface area contributed by atoms with E-state index in [-0.39, 0.29) is 0 Å². The molecule has 0 spiro atoms. The van der Waals surface area contributed by atoms with Crippen LogP contribution >= 0.6 is 24.0 Å². The molecular formula is C24H33N3S2. The smallest absolute Gasteiger partial charge is 0.170 e. The van der Waals surface area contributed by atoms with Crippen molar-refractivity contribution in [3.63, 3.8) is 0 Å². The van der Waals surface area contributed by atoms with Crippen molar-refractivity contribution in [3.8, 4) is 0 Å². The van der Waals surface area contributed by atoms with Crippen LogP contribution in [0.15, 0.2) is 59.5 Å². The number of nitrogens with one attached hydrogen (secondary N) is 2. The maximum atomic E-state index is 5.45. The Hall–Kier alpha value is -1.56. The van der Waals surface area contributed by atoms with Crippen molar-refractivity contribution in [3.05, 3.63) is 60.2 Å². The van der Waals surface area contributed by atoms with Crippen LogP contribution in [0.3, 0.4) is 0 Å². The lowest BCUT2D eigenvalue weighted by Crippen LogP contribution is -2.40. The minimum Gasteiger partial charge on any atom is -0.362 e. The Labute approximate surface area is 185 Å². The molecular weight excluding hydrogens is 394 g/mol. The van der Waals surface area contributed by atoms with E-state index in [2.05, 4.69) is 84.0 Å². The lowest BCUT2D eigenvalue weighted by atomic mass is 9.92. The van der Waals surface area contributed by atoms with Gasteiger partial charge in [-0.15, -0.1) is 11.8 Å². The van der Waals surface area contributed by atoms with Crippen LogP contribution < -0.4 is 10.6 Å². The van der Waals surface area contributed by atoms with Crippen molar-refractivity contribution in [1.82, 2.24) is 10.2 Å². The summed E-state index contributed by atoms with van der Waals surface area (Å²) in [6.07, 6.45) is 2.49. The molecule has 1 aliphatic rings. The molecule has 2 N–H and O–H groups in total. The number of hydrogen-bond donors (Lipinski definition) is 2. The fourth-order valence-corrected chi connectivity index (χ4v) is 5.12. The van der Waals surface area contributed by atoms with E-state index in [1.54, 1.807) is 0 Å². The van der Waals surface area contributed by atoms with Gasteiger partial charge in [-0.1, -0.05) is 44.2 Å². The number of rotatable bonds is 8. The second-order valence-electron chi connectivity index (χ2n) is 8.24. The fourth-order valence-electron chi connectivity index (χ4n) is 4.02. The molecule has 2 atom stereocenters. The van der Waals surface area contributed by atoms with E-state index in [1.807, 2.05) is 11.8 Å². The molecule has 2 aromatic rings. The SMILES string of the molecule is C[C@@H]1C[C@@H](C)CN(CCCNC(=S)Nc2ccc(CSc3ccccc3)cc2)C1. The van der Waals surface area contributed by atoms with Gasteiger partial charge in [0.15, 0.2) is 5.11 Å². The van der Waals surface area contributed by atoms with Crippen LogP contribution in [-0.4, -0.2) is 36.2 Å². The molecule has 1 aliphatic heterocycles. The minimum absolute atomic E-state index is 0.705. The summed E-state index contributed by atoms with van der Waals surface area (Å²) in [6.45, 7) is 9.27. The summed E-state index contributed by atoms with van der Waals surface area (Å²) in [5.41, 5.74) is 2.35. The summed E-state index contributed by atoms with van der Waals surface area (Å²) < 4.78 is 0. The molecule has 156 valence electrons. The number of piperidine rings is 1. The number of thiocarbonyl (C=S) groups is 1. The Morgan fingerprint density at radius 1 is 1.03 bits per heavy atom. The van der Waals surface area contributed by atoms with E-state index >= 15 is 0 Å². The van der Waals surface area contributed by atoms with E-state index in [9.17, 15) is 0 Å². The number of anilines is 1. The third kappa shape index (κ3) is 8.00. The number of likely N-dealkylation sites (tertiary alicyclic amines) is 1. The standard InChI is InChI=1S/C24H33N3S2/c1-19-15-20(2)17-27(16-19)14-6-13-25-24(28)26-22-11-9-21(10-12-22)18-29-23-7-4-3-5-8-23/h3-5,7-12,19-20H,6,13-18H2,1-2H3,(H2,25,26,28)/t19-,20-/m1/s1. The summed E-state index contributed by atoms with van der Waals surface area (Å²) in [5, 5.41) is 7.34. The van der Waals surface area contributed by atoms with Gasteiger partial charge in [-0.05, 0) is 73.3 Å². The molecule has 0 saturated carbocycles. The molecule has 1 fully saturated rings. The highest BCUT2D eigenvalue weighted by molar-refractivity contribution is 7.98. The largest absolute Gasteiger partial charge is 0.362 e. The molecule has 1 saturated heterocycles. The first-order chi connectivity index (χ1) is 14.1. The topological polar surface area (TPSA) is 27.3 Å². The molecule has 2 aromatic carbocycles. The minimum atomic E-state index is 0.705. The van der Waals surface area contributed by atoms with Crippen molar-refractivity contribution in [2.24, 2.45) is 11.8 Å². The van der Waals surface area contributed by atoms with Crippen molar-refractivity contribution < 1.29 is 0 Å². The van der Waals surface area contributed by atoms with Crippen LogP contribution in [0.25, 0.3) is 0 Å². The second-order valence-corrected chi connectivity index (χ2v) is 9.70. The van der Waals surface area contributed by atoms with Crippen LogP contribution in [-0.2, 0) is 5.75 Å². The normalized spacial score (nSPS) is 19.7. The summed E-state index contributed by atoms with van der Waals surface area (Å²) >= 11 is 7.31. The maximum absolute atomic E-state index is 5.45. The lowest BCUT2D eigenvalue weighted by Gasteiger charge is -2.34. The summed E-state index contributed by atoms with van der Waals surface area (Å²) in [7, 11) is 0. The summed E-state index contributed by atoms with van der Waals surface area (Å²) in [6, 6.07) is 19.0. The zero-order valence-corrected chi connectivity index (χ0v) is 19.2. The monoisotopic (exact) mass is 427 g/mol. The highest BCUT2D eigenvalue weighted by Gasteiger charge is 2.20. The number of nitrogens with zero attached hydrogens (tertiary/aromatic N) is 1. The molecule has 0 aromatic heterocycles. The number of hydrogen-bond acceptors (Lipinski definition) is 3. The van der Waals surface area contributed by atoms with Crippen molar-refractivity contribution in [2.45, 2.75) is 37.3 Å². The first kappa shape index (κ1) is 22.1. The van der Waals surface area contributed by atoms with Gasteiger partial charge in [0.1, 0.15) is 0 Å². The van der Waals surface area contributed by atoms with E-state index in [4.69, 9.17) is 12.2 Å². The van der Waals surface area contributed by atoms with E-state index < -0.39 is 0 Å². The van der Waals surface area contributed by atoms with Crippen molar-refractivity contribution in [1.29, 1.82) is 0 Å². The van der Waals surface area contributed by atoms with Gasteiger partial charge in [0.05, 0.1) is 0 Å². The third-order valence-corrected chi connectivity index (χ3v) is 6.57. The molecule has 3 nitrogen and oxygen atoms in total. The Morgan fingerprint density at radius 3 is 2.41 bits per heavy atom. The second kappa shape index (κ2) is 11.6. The van der Waals surface area contributed by atoms with Crippen LogP contribution in [0.2, 0.25) is 0 Å². The van der Waals surface area contributed by atoms with Gasteiger partial charge in [-0.2, -0.15) is 0 Å². The Morgan fingerprint density at radius 2 is 1.72 bits per heavy atom. The summed E-state index contributed by atoms with van der Waals surface area (Å²) in [4.78, 5) is 3.90. The van der Waals surface area contributed by atoms with Crippen LogP contribution in [0, 0.1) is 11.8 Å².